The van der Waals surface area contributed by atoms with E-state index in [1.165, 1.54) is 0 Å². The molecule has 0 amide bonds. The predicted octanol–water partition coefficient (Wildman–Crippen LogP) is -3.92. The summed E-state index contributed by atoms with van der Waals surface area (Å²) in [7, 11) is -23.8. The lowest BCUT2D eigenvalue weighted by Crippen LogP contribution is -2.37. The zero-order chi connectivity index (χ0) is 31.8. The summed E-state index contributed by atoms with van der Waals surface area (Å²) < 4.78 is 78.1. The Balaban J connectivity index is 1.55. The van der Waals surface area contributed by atoms with E-state index in [0.717, 1.165) is 12.3 Å². The highest BCUT2D eigenvalue weighted by Crippen LogP contribution is 2.71. The molecule has 24 nitrogen and oxygen atoms in total. The fourth-order valence-corrected chi connectivity index (χ4v) is 8.35. The van der Waals surface area contributed by atoms with Gasteiger partial charge in [0.15, 0.2) is 12.5 Å². The fraction of sp³-hybridized carbons (Fsp3) is 0.714. The van der Waals surface area contributed by atoms with Gasteiger partial charge in [0, 0.05) is 12.3 Å². The van der Waals surface area contributed by atoms with Crippen LogP contribution in [0.3, 0.4) is 0 Å². The van der Waals surface area contributed by atoms with Gasteiger partial charge in [0.2, 0.25) is 0 Å². The highest BCUT2D eigenvalue weighted by Gasteiger charge is 2.49. The van der Waals surface area contributed by atoms with Crippen molar-refractivity contribution in [3.63, 3.8) is 0 Å². The van der Waals surface area contributed by atoms with Gasteiger partial charge in [-0.1, -0.05) is 0 Å². The molecule has 1 aromatic heterocycles. The zero-order valence-electron chi connectivity index (χ0n) is 20.3. The highest BCUT2D eigenvalue weighted by molar-refractivity contribution is 7.69. The summed E-state index contributed by atoms with van der Waals surface area (Å²) in [6.45, 7) is -2.33. The summed E-state index contributed by atoms with van der Waals surface area (Å²) >= 11 is 0. The molecule has 2 aliphatic rings. The third-order valence-electron chi connectivity index (χ3n) is 5.22. The summed E-state index contributed by atoms with van der Waals surface area (Å²) in [5, 5.41) is 48.4. The number of nitrogens with one attached hydrogen (secondary N) is 1. The van der Waals surface area contributed by atoms with Crippen LogP contribution in [0.15, 0.2) is 21.9 Å². The van der Waals surface area contributed by atoms with Crippen molar-refractivity contribution in [3.8, 4) is 0 Å². The quantitative estimate of drug-likeness (QED) is 0.0880. The van der Waals surface area contributed by atoms with Gasteiger partial charge in [0.1, 0.15) is 36.6 Å². The van der Waals surface area contributed by atoms with Gasteiger partial charge in [0.05, 0.1) is 13.2 Å². The minimum Gasteiger partial charge on any atom is -0.387 e. The van der Waals surface area contributed by atoms with Crippen molar-refractivity contribution >= 4 is 31.3 Å². The van der Waals surface area contributed by atoms with E-state index in [1.807, 2.05) is 4.98 Å². The van der Waals surface area contributed by atoms with Crippen LogP contribution in [0.2, 0.25) is 0 Å². The van der Waals surface area contributed by atoms with Gasteiger partial charge in [-0.15, -0.1) is 0 Å². The SMILES string of the molecule is O=c1ccn([C@@H]2OC(COP(=O)(O)OP(=O)(O)OP(=O)(O)OP(=O)(O)OC[C@H]3OC(O)[C@H](O)[C@@H]3O)[C@@H](O)[C@H]2O)c(=O)[nH]1. The second-order valence-corrected chi connectivity index (χ2v) is 14.5. The maximum atomic E-state index is 12.1. The molecule has 242 valence electrons. The number of rotatable bonds is 13. The maximum Gasteiger partial charge on any atom is 0.490 e. The van der Waals surface area contributed by atoms with Crippen LogP contribution in [0.1, 0.15) is 6.23 Å². The van der Waals surface area contributed by atoms with Gasteiger partial charge in [-0.2, -0.15) is 12.9 Å². The molecule has 0 aromatic carbocycles. The van der Waals surface area contributed by atoms with E-state index in [1.54, 1.807) is 0 Å². The monoisotopic (exact) mass is 696 g/mol. The standard InChI is InChI=1S/C14H24N2O22P4/c17-7-1-2-16(14(23)15-7)12-10(20)8(18)5(34-12)3-32-39(24,25)36-41(28,29)38-42(30,31)37-40(26,27)33-4-6-9(19)11(21)13(22)35-6/h1-2,5-6,8-13,18-22H,3-4H2,(H,24,25)(H,26,27)(H,28,29)(H,30,31)(H,15,17,23)/t5?,6-,8-,9-,10-,11-,12-,13?/m1/s1. The molecule has 0 aliphatic carbocycles. The maximum absolute atomic E-state index is 12.1. The van der Waals surface area contributed by atoms with Gasteiger partial charge >= 0.3 is 37.0 Å². The van der Waals surface area contributed by atoms with Crippen molar-refractivity contribution < 1.29 is 94.8 Å². The highest BCUT2D eigenvalue weighted by atomic mass is 31.3. The molecular weight excluding hydrogens is 672 g/mol. The lowest BCUT2D eigenvalue weighted by Gasteiger charge is -2.21. The average Bonchev–Trinajstić information content (AvgIpc) is 3.23. The first-order chi connectivity index (χ1) is 19.1. The number of aliphatic hydroxyl groups excluding tert-OH is 5. The van der Waals surface area contributed by atoms with Gasteiger partial charge < -0.3 is 54.6 Å². The fourth-order valence-electron chi connectivity index (χ4n) is 3.39. The number of aromatic nitrogens is 2. The van der Waals surface area contributed by atoms with Crippen molar-refractivity contribution in [2.45, 2.75) is 49.1 Å². The van der Waals surface area contributed by atoms with Crippen LogP contribution >= 0.6 is 31.3 Å². The molecule has 3 heterocycles. The Bertz CT molecular complexity index is 1430. The molecule has 3 rings (SSSR count). The normalized spacial score (nSPS) is 35.6. The van der Waals surface area contributed by atoms with Crippen LogP contribution in [0, 0.1) is 0 Å². The molecule has 0 saturated carbocycles. The topological polar surface area (TPSA) is 370 Å². The molecule has 0 bridgehead atoms. The average molecular weight is 696 g/mol. The Labute approximate surface area is 231 Å². The van der Waals surface area contributed by atoms with Gasteiger partial charge in [-0.05, 0) is 0 Å². The Morgan fingerprint density at radius 2 is 1.17 bits per heavy atom. The molecule has 12 atom stereocenters. The molecule has 1 aromatic rings. The predicted molar refractivity (Wildman–Crippen MR) is 125 cm³/mol. The molecular formula is C14H24N2O22P4. The summed E-state index contributed by atoms with van der Waals surface area (Å²) in [6.07, 6.45) is -13.4. The van der Waals surface area contributed by atoms with Crippen LogP contribution in [0.25, 0.3) is 0 Å². The number of ether oxygens (including phenoxy) is 2. The first-order valence-electron chi connectivity index (χ1n) is 10.9. The van der Waals surface area contributed by atoms with Crippen LogP contribution in [0.5, 0.6) is 0 Å². The van der Waals surface area contributed by atoms with Crippen LogP contribution < -0.4 is 11.2 Å². The Kier molecular flexibility index (Phi) is 11.1. The molecule has 0 spiro atoms. The lowest BCUT2D eigenvalue weighted by atomic mass is 10.1. The summed E-state index contributed by atoms with van der Waals surface area (Å²) in [5.41, 5.74) is -1.87. The molecule has 28 heteroatoms. The molecule has 2 saturated heterocycles. The number of hydrogen-bond donors (Lipinski definition) is 10. The largest absolute Gasteiger partial charge is 0.490 e. The number of phosphoric acid groups is 4. The first-order valence-corrected chi connectivity index (χ1v) is 16.9. The Hall–Kier alpha value is -1.04. The number of aromatic amines is 1. The van der Waals surface area contributed by atoms with Crippen LogP contribution in [-0.4, -0.2) is 111 Å². The van der Waals surface area contributed by atoms with Crippen molar-refractivity contribution in [1.29, 1.82) is 0 Å². The second kappa shape index (κ2) is 13.1. The van der Waals surface area contributed by atoms with E-state index in [-0.39, 0.29) is 0 Å². The van der Waals surface area contributed by atoms with E-state index < -0.39 is 105 Å². The Morgan fingerprint density at radius 1 is 0.714 bits per heavy atom. The van der Waals surface area contributed by atoms with Crippen molar-refractivity contribution in [1.82, 2.24) is 9.55 Å². The third-order valence-corrected chi connectivity index (χ3v) is 11.1. The minimum atomic E-state index is -6.17. The number of nitrogens with zero attached hydrogens (tertiary/aromatic N) is 1. The number of hydrogen-bond acceptors (Lipinski definition) is 18. The van der Waals surface area contributed by atoms with Gasteiger partial charge in [-0.25, -0.2) is 23.1 Å². The first kappa shape index (κ1) is 35.4. The lowest BCUT2D eigenvalue weighted by molar-refractivity contribution is -0.132. The zero-order valence-corrected chi connectivity index (χ0v) is 23.8. The van der Waals surface area contributed by atoms with Crippen molar-refractivity contribution in [3.05, 3.63) is 33.1 Å². The van der Waals surface area contributed by atoms with Gasteiger partial charge in [-0.3, -0.25) is 23.4 Å². The van der Waals surface area contributed by atoms with Crippen LogP contribution in [0.4, 0.5) is 0 Å². The number of H-pyrrole nitrogens is 1. The Morgan fingerprint density at radius 3 is 1.62 bits per heavy atom. The van der Waals surface area contributed by atoms with Gasteiger partial charge in [0.25, 0.3) is 5.56 Å². The van der Waals surface area contributed by atoms with E-state index >= 15 is 0 Å². The van der Waals surface area contributed by atoms with E-state index in [4.69, 9.17) is 4.74 Å². The summed E-state index contributed by atoms with van der Waals surface area (Å²) in [4.78, 5) is 63.3. The number of phosphoric ester groups is 2. The molecule has 2 aliphatic heterocycles. The molecule has 42 heavy (non-hydrogen) atoms. The van der Waals surface area contributed by atoms with E-state index in [0.29, 0.717) is 4.57 Å². The van der Waals surface area contributed by atoms with E-state index in [2.05, 4.69) is 26.7 Å². The summed E-state index contributed by atoms with van der Waals surface area (Å²) in [6, 6.07) is 0.874. The minimum absolute atomic E-state index is 0.651. The third kappa shape index (κ3) is 9.24. The van der Waals surface area contributed by atoms with E-state index in [9.17, 15) is 73.0 Å². The number of aliphatic hydroxyl groups is 5. The molecule has 2 fully saturated rings. The molecule has 10 N–H and O–H groups in total. The van der Waals surface area contributed by atoms with Crippen molar-refractivity contribution in [2.75, 3.05) is 13.2 Å². The molecule has 6 unspecified atom stereocenters. The van der Waals surface area contributed by atoms with Crippen LogP contribution in [-0.2, 0) is 49.7 Å². The van der Waals surface area contributed by atoms with Crippen molar-refractivity contribution in [2.24, 2.45) is 0 Å². The smallest absolute Gasteiger partial charge is 0.387 e. The summed E-state index contributed by atoms with van der Waals surface area (Å²) in [5.74, 6) is 0. The second-order valence-electron chi connectivity index (χ2n) is 8.32. The molecule has 0 radical (unpaired) electrons.